The van der Waals surface area contributed by atoms with Crippen molar-refractivity contribution in [1.82, 2.24) is 9.97 Å². The third-order valence-corrected chi connectivity index (χ3v) is 6.17. The molecule has 5 nitrogen and oxygen atoms in total. The Morgan fingerprint density at radius 2 is 2.25 bits per heavy atom. The van der Waals surface area contributed by atoms with E-state index in [0.29, 0.717) is 22.0 Å². The minimum Gasteiger partial charge on any atom is -0.457 e. The predicted molar refractivity (Wildman–Crippen MR) is 95.4 cm³/mol. The molecule has 3 aromatic rings. The highest BCUT2D eigenvalue weighted by molar-refractivity contribution is 7.19. The van der Waals surface area contributed by atoms with Crippen molar-refractivity contribution in [2.75, 3.05) is 0 Å². The molecular weight excluding hydrogens is 344 g/mol. The Balaban J connectivity index is 1.61. The van der Waals surface area contributed by atoms with Gasteiger partial charge in [-0.25, -0.2) is 4.98 Å². The molecule has 1 N–H and O–H groups in total. The van der Waals surface area contributed by atoms with Crippen LogP contribution in [-0.4, -0.2) is 15.9 Å². The van der Waals surface area contributed by atoms with Gasteiger partial charge in [-0.3, -0.25) is 9.59 Å². The summed E-state index contributed by atoms with van der Waals surface area (Å²) in [5.74, 6) is 0.605. The first-order valence-electron chi connectivity index (χ1n) is 7.77. The van der Waals surface area contributed by atoms with Gasteiger partial charge < -0.3 is 9.72 Å². The molecule has 0 amide bonds. The minimum absolute atomic E-state index is 0.0101. The van der Waals surface area contributed by atoms with E-state index in [2.05, 4.69) is 9.97 Å². The summed E-state index contributed by atoms with van der Waals surface area (Å²) < 4.78 is 5.26. The Kier molecular flexibility index (Phi) is 3.77. The molecule has 4 rings (SSSR count). The number of aryl methyl sites for hydroxylation is 1. The van der Waals surface area contributed by atoms with Crippen LogP contribution in [0.4, 0.5) is 0 Å². The van der Waals surface area contributed by atoms with Crippen LogP contribution in [0.5, 0.6) is 0 Å². The number of nitrogens with zero attached hydrogens (tertiary/aromatic N) is 1. The Bertz CT molecular complexity index is 985. The molecular formula is C17H16N2O3S2. The Morgan fingerprint density at radius 1 is 1.46 bits per heavy atom. The van der Waals surface area contributed by atoms with Crippen molar-refractivity contribution in [3.63, 3.8) is 0 Å². The van der Waals surface area contributed by atoms with Crippen LogP contribution in [0.25, 0.3) is 20.7 Å². The first kappa shape index (κ1) is 15.5. The van der Waals surface area contributed by atoms with Gasteiger partial charge in [0.1, 0.15) is 17.3 Å². The van der Waals surface area contributed by atoms with Crippen LogP contribution in [0.15, 0.2) is 22.3 Å². The molecule has 0 bridgehead atoms. The number of ether oxygens (including phenoxy) is 1. The van der Waals surface area contributed by atoms with Crippen LogP contribution in [0, 0.1) is 18.8 Å². The molecule has 3 aromatic heterocycles. The Morgan fingerprint density at radius 3 is 2.92 bits per heavy atom. The standard InChI is InChI=1S/C17H16N2O3S2/c1-8-5-10(8)17(21)22-6-13-18-15(20)14-11(7-23-16(14)19-13)12-4-3-9(2)24-12/h3-4,7-8,10H,5-6H2,1-2H3,(H,18,19,20)/t8-,10+/m1/s1. The molecule has 0 radical (unpaired) electrons. The van der Waals surface area contributed by atoms with Crippen LogP contribution < -0.4 is 5.56 Å². The summed E-state index contributed by atoms with van der Waals surface area (Å²) in [6.45, 7) is 4.08. The molecule has 2 atom stereocenters. The van der Waals surface area contributed by atoms with Crippen LogP contribution in [0.2, 0.25) is 0 Å². The van der Waals surface area contributed by atoms with Crippen molar-refractivity contribution < 1.29 is 9.53 Å². The molecule has 1 fully saturated rings. The summed E-state index contributed by atoms with van der Waals surface area (Å²) in [5, 5.41) is 2.56. The van der Waals surface area contributed by atoms with Crippen LogP contribution >= 0.6 is 22.7 Å². The number of hydrogen-bond acceptors (Lipinski definition) is 6. The molecule has 7 heteroatoms. The SMILES string of the molecule is Cc1ccc(-c2csc3nc(COC(=O)[C@H]4C[C@H]4C)[nH]c(=O)c23)s1. The average molecular weight is 360 g/mol. The first-order chi connectivity index (χ1) is 11.5. The van der Waals surface area contributed by atoms with Crippen molar-refractivity contribution in [2.24, 2.45) is 11.8 Å². The second-order valence-electron chi connectivity index (χ2n) is 6.18. The lowest BCUT2D eigenvalue weighted by molar-refractivity contribution is -0.147. The van der Waals surface area contributed by atoms with Crippen molar-refractivity contribution in [2.45, 2.75) is 26.9 Å². The van der Waals surface area contributed by atoms with Crippen molar-refractivity contribution >= 4 is 38.9 Å². The number of H-pyrrole nitrogens is 1. The number of nitrogens with one attached hydrogen (secondary N) is 1. The minimum atomic E-state index is -0.203. The summed E-state index contributed by atoms with van der Waals surface area (Å²) in [7, 11) is 0. The highest BCUT2D eigenvalue weighted by Crippen LogP contribution is 2.39. The zero-order valence-corrected chi connectivity index (χ0v) is 14.9. The predicted octanol–water partition coefficient (Wildman–Crippen LogP) is 3.72. The van der Waals surface area contributed by atoms with Gasteiger partial charge in [0.05, 0.1) is 11.3 Å². The van der Waals surface area contributed by atoms with Gasteiger partial charge in [0, 0.05) is 20.7 Å². The van der Waals surface area contributed by atoms with Crippen molar-refractivity contribution in [3.8, 4) is 10.4 Å². The van der Waals surface area contributed by atoms with E-state index in [-0.39, 0.29) is 24.1 Å². The summed E-state index contributed by atoms with van der Waals surface area (Å²) in [6, 6.07) is 4.06. The number of fused-ring (bicyclic) bond motifs is 1. The molecule has 1 aliphatic carbocycles. The monoisotopic (exact) mass is 360 g/mol. The summed E-state index contributed by atoms with van der Waals surface area (Å²) in [5.41, 5.74) is 0.727. The normalized spacial score (nSPS) is 19.6. The second-order valence-corrected chi connectivity index (χ2v) is 8.33. The second kappa shape index (κ2) is 5.82. The maximum absolute atomic E-state index is 12.5. The van der Waals surface area contributed by atoms with Gasteiger partial charge in [0.25, 0.3) is 5.56 Å². The lowest BCUT2D eigenvalue weighted by Crippen LogP contribution is -2.15. The highest BCUT2D eigenvalue weighted by Gasteiger charge is 2.40. The van der Waals surface area contributed by atoms with Crippen molar-refractivity contribution in [3.05, 3.63) is 38.6 Å². The van der Waals surface area contributed by atoms with E-state index < -0.39 is 0 Å². The molecule has 0 aromatic carbocycles. The molecule has 3 heterocycles. The fourth-order valence-corrected chi connectivity index (χ4v) is 4.64. The fourth-order valence-electron chi connectivity index (χ4n) is 2.72. The third kappa shape index (κ3) is 2.78. The maximum atomic E-state index is 12.5. The number of aromatic nitrogens is 2. The lowest BCUT2D eigenvalue weighted by atomic mass is 10.2. The zero-order valence-electron chi connectivity index (χ0n) is 13.3. The van der Waals surface area contributed by atoms with E-state index in [1.165, 1.54) is 16.2 Å². The average Bonchev–Trinajstić information content (AvgIpc) is 2.95. The fraction of sp³-hybridized carbons (Fsp3) is 0.353. The van der Waals surface area contributed by atoms with Gasteiger partial charge in [0.2, 0.25) is 0 Å². The molecule has 0 unspecified atom stereocenters. The number of hydrogen-bond donors (Lipinski definition) is 1. The van der Waals surface area contributed by atoms with Gasteiger partial charge in [-0.15, -0.1) is 22.7 Å². The highest BCUT2D eigenvalue weighted by atomic mass is 32.1. The maximum Gasteiger partial charge on any atom is 0.309 e. The quantitative estimate of drug-likeness (QED) is 0.720. The van der Waals surface area contributed by atoms with Crippen LogP contribution in [-0.2, 0) is 16.1 Å². The lowest BCUT2D eigenvalue weighted by Gasteiger charge is -2.04. The molecule has 0 spiro atoms. The van der Waals surface area contributed by atoms with E-state index in [0.717, 1.165) is 16.9 Å². The number of carbonyl (C=O) groups excluding carboxylic acids is 1. The first-order valence-corrected chi connectivity index (χ1v) is 9.46. The number of rotatable bonds is 4. The molecule has 0 aliphatic heterocycles. The van der Waals surface area contributed by atoms with Gasteiger partial charge in [-0.1, -0.05) is 6.92 Å². The molecule has 0 saturated heterocycles. The summed E-state index contributed by atoms with van der Waals surface area (Å²) in [4.78, 5) is 34.4. The van der Waals surface area contributed by atoms with E-state index in [9.17, 15) is 9.59 Å². The Labute approximate surface area is 146 Å². The van der Waals surface area contributed by atoms with Crippen molar-refractivity contribution in [1.29, 1.82) is 0 Å². The molecule has 1 saturated carbocycles. The van der Waals surface area contributed by atoms with Gasteiger partial charge in [0.15, 0.2) is 0 Å². The Hall–Kier alpha value is -1.99. The van der Waals surface area contributed by atoms with E-state index >= 15 is 0 Å². The van der Waals surface area contributed by atoms with E-state index in [1.54, 1.807) is 11.3 Å². The van der Waals surface area contributed by atoms with Crippen LogP contribution in [0.1, 0.15) is 24.0 Å². The smallest absolute Gasteiger partial charge is 0.309 e. The zero-order chi connectivity index (χ0) is 16.8. The summed E-state index contributed by atoms with van der Waals surface area (Å²) >= 11 is 3.09. The molecule has 124 valence electrons. The molecule has 24 heavy (non-hydrogen) atoms. The van der Waals surface area contributed by atoms with E-state index in [1.807, 2.05) is 31.4 Å². The third-order valence-electron chi connectivity index (χ3n) is 4.26. The van der Waals surface area contributed by atoms with Gasteiger partial charge in [-0.2, -0.15) is 0 Å². The van der Waals surface area contributed by atoms with Gasteiger partial charge >= 0.3 is 5.97 Å². The largest absolute Gasteiger partial charge is 0.457 e. The summed E-state index contributed by atoms with van der Waals surface area (Å²) in [6.07, 6.45) is 0.885. The topological polar surface area (TPSA) is 72.0 Å². The number of thiophene rings is 2. The number of carbonyl (C=O) groups is 1. The van der Waals surface area contributed by atoms with Gasteiger partial charge in [-0.05, 0) is 31.4 Å². The van der Waals surface area contributed by atoms with E-state index in [4.69, 9.17) is 4.74 Å². The van der Waals surface area contributed by atoms with Crippen LogP contribution in [0.3, 0.4) is 0 Å². The number of aromatic amines is 1. The molecule has 1 aliphatic rings. The number of esters is 1.